The van der Waals surface area contributed by atoms with Gasteiger partial charge in [0.05, 0.1) is 11.6 Å². The van der Waals surface area contributed by atoms with Gasteiger partial charge in [0.15, 0.2) is 0 Å². The molecule has 3 rings (SSSR count). The highest BCUT2D eigenvalue weighted by molar-refractivity contribution is 7.15. The van der Waals surface area contributed by atoms with Gasteiger partial charge in [-0.2, -0.15) is 0 Å². The van der Waals surface area contributed by atoms with Crippen LogP contribution >= 0.6 is 11.3 Å². The molecule has 23 heavy (non-hydrogen) atoms. The molecule has 3 aromatic rings. The van der Waals surface area contributed by atoms with Gasteiger partial charge in [-0.1, -0.05) is 28.7 Å². The van der Waals surface area contributed by atoms with E-state index in [1.165, 1.54) is 11.3 Å². The number of nitrogens with zero attached hydrogens (tertiary/aromatic N) is 5. The Balaban J connectivity index is 1.64. The number of methoxy groups -OCH3 is 1. The quantitative estimate of drug-likeness (QED) is 0.742. The van der Waals surface area contributed by atoms with Gasteiger partial charge in [0.1, 0.15) is 17.1 Å². The van der Waals surface area contributed by atoms with Crippen LogP contribution in [0.3, 0.4) is 0 Å². The van der Waals surface area contributed by atoms with Crippen molar-refractivity contribution < 1.29 is 9.53 Å². The van der Waals surface area contributed by atoms with Crippen molar-refractivity contribution in [2.24, 2.45) is 0 Å². The van der Waals surface area contributed by atoms with Crippen molar-refractivity contribution >= 4 is 33.4 Å². The third-order valence-corrected chi connectivity index (χ3v) is 4.07. The Morgan fingerprint density at radius 3 is 3.00 bits per heavy atom. The first kappa shape index (κ1) is 15.5. The number of amides is 1. The Kier molecular flexibility index (Phi) is 4.58. The molecule has 0 fully saturated rings. The van der Waals surface area contributed by atoms with E-state index in [0.29, 0.717) is 11.7 Å². The minimum atomic E-state index is -0.141. The fourth-order valence-corrected chi connectivity index (χ4v) is 2.95. The van der Waals surface area contributed by atoms with E-state index in [0.717, 1.165) is 16.0 Å². The Morgan fingerprint density at radius 2 is 2.17 bits per heavy atom. The van der Waals surface area contributed by atoms with Crippen LogP contribution in [0.5, 0.6) is 0 Å². The van der Waals surface area contributed by atoms with Crippen molar-refractivity contribution in [2.75, 3.05) is 12.4 Å². The summed E-state index contributed by atoms with van der Waals surface area (Å²) >= 11 is 1.30. The van der Waals surface area contributed by atoms with Crippen LogP contribution in [0, 0.1) is 0 Å². The molecule has 1 aromatic carbocycles. The summed E-state index contributed by atoms with van der Waals surface area (Å²) in [7, 11) is 1.59. The maximum Gasteiger partial charge on any atom is 0.228 e. The standard InChI is InChI=1S/C14H16N6O2S/c1-9(20-11-6-4-3-5-10(11)16-19-20)7-12(21)15-14-18-17-13(23-14)8-22-2/h3-6,9H,7-8H2,1-2H3,(H,15,18,21)/t9-/m1/s1. The smallest absolute Gasteiger partial charge is 0.228 e. The summed E-state index contributed by atoms with van der Waals surface area (Å²) < 4.78 is 6.73. The maximum atomic E-state index is 12.2. The van der Waals surface area contributed by atoms with Crippen LogP contribution in [0.1, 0.15) is 24.4 Å². The van der Waals surface area contributed by atoms with E-state index in [-0.39, 0.29) is 18.4 Å². The summed E-state index contributed by atoms with van der Waals surface area (Å²) in [6, 6.07) is 7.54. The second kappa shape index (κ2) is 6.80. The molecule has 0 unspecified atom stereocenters. The van der Waals surface area contributed by atoms with Crippen LogP contribution < -0.4 is 5.32 Å². The van der Waals surface area contributed by atoms with Crippen LogP contribution in [0.15, 0.2) is 24.3 Å². The van der Waals surface area contributed by atoms with Crippen molar-refractivity contribution in [3.63, 3.8) is 0 Å². The highest BCUT2D eigenvalue weighted by atomic mass is 32.1. The van der Waals surface area contributed by atoms with Gasteiger partial charge in [-0.05, 0) is 19.1 Å². The molecular formula is C14H16N6O2S. The Labute approximate surface area is 136 Å². The normalized spacial score (nSPS) is 12.4. The molecule has 0 bridgehead atoms. The molecule has 120 valence electrons. The second-order valence-electron chi connectivity index (χ2n) is 5.06. The lowest BCUT2D eigenvalue weighted by molar-refractivity contribution is -0.116. The Hall–Kier alpha value is -2.39. The van der Waals surface area contributed by atoms with Crippen LogP contribution in [0.25, 0.3) is 11.0 Å². The molecule has 1 atom stereocenters. The van der Waals surface area contributed by atoms with Gasteiger partial charge in [-0.15, -0.1) is 15.3 Å². The molecule has 0 saturated carbocycles. The van der Waals surface area contributed by atoms with Crippen LogP contribution in [0.4, 0.5) is 5.13 Å². The summed E-state index contributed by atoms with van der Waals surface area (Å²) in [6.45, 7) is 2.31. The molecule has 1 amide bonds. The zero-order chi connectivity index (χ0) is 16.2. The molecule has 0 aliphatic rings. The molecule has 0 aliphatic carbocycles. The minimum absolute atomic E-state index is 0.117. The highest BCUT2D eigenvalue weighted by Crippen LogP contribution is 2.20. The van der Waals surface area contributed by atoms with E-state index in [1.807, 2.05) is 31.2 Å². The van der Waals surface area contributed by atoms with E-state index in [9.17, 15) is 4.79 Å². The average molecular weight is 332 g/mol. The van der Waals surface area contributed by atoms with Gasteiger partial charge in [-0.3, -0.25) is 4.79 Å². The fourth-order valence-electron chi connectivity index (χ4n) is 2.22. The Morgan fingerprint density at radius 1 is 1.35 bits per heavy atom. The molecule has 8 nitrogen and oxygen atoms in total. The summed E-state index contributed by atoms with van der Waals surface area (Å²) in [5, 5.41) is 20.0. The number of nitrogens with one attached hydrogen (secondary N) is 1. The van der Waals surface area contributed by atoms with E-state index >= 15 is 0 Å². The molecule has 0 saturated heterocycles. The number of para-hydroxylation sites is 1. The zero-order valence-electron chi connectivity index (χ0n) is 12.8. The van der Waals surface area contributed by atoms with Crippen molar-refractivity contribution in [3.8, 4) is 0 Å². The van der Waals surface area contributed by atoms with Gasteiger partial charge in [0.2, 0.25) is 11.0 Å². The number of aromatic nitrogens is 5. The first-order valence-electron chi connectivity index (χ1n) is 7.08. The first-order valence-corrected chi connectivity index (χ1v) is 7.90. The second-order valence-corrected chi connectivity index (χ2v) is 6.12. The third-order valence-electron chi connectivity index (χ3n) is 3.26. The van der Waals surface area contributed by atoms with Gasteiger partial charge in [-0.25, -0.2) is 4.68 Å². The summed E-state index contributed by atoms with van der Waals surface area (Å²) in [4.78, 5) is 12.2. The largest absolute Gasteiger partial charge is 0.377 e. The van der Waals surface area contributed by atoms with Crippen LogP contribution in [0.2, 0.25) is 0 Å². The van der Waals surface area contributed by atoms with E-state index in [4.69, 9.17) is 4.74 Å². The lowest BCUT2D eigenvalue weighted by atomic mass is 10.2. The van der Waals surface area contributed by atoms with Crippen molar-refractivity contribution in [1.82, 2.24) is 25.2 Å². The van der Waals surface area contributed by atoms with Crippen molar-refractivity contribution in [1.29, 1.82) is 0 Å². The molecule has 1 N–H and O–H groups in total. The molecular weight excluding hydrogens is 316 g/mol. The Bertz CT molecular complexity index is 814. The van der Waals surface area contributed by atoms with Gasteiger partial charge in [0, 0.05) is 13.5 Å². The average Bonchev–Trinajstić information content (AvgIpc) is 3.14. The van der Waals surface area contributed by atoms with Crippen LogP contribution in [-0.2, 0) is 16.1 Å². The lowest BCUT2D eigenvalue weighted by Crippen LogP contribution is -2.18. The summed E-state index contributed by atoms with van der Waals surface area (Å²) in [5.41, 5.74) is 1.72. The summed E-state index contributed by atoms with van der Waals surface area (Å²) in [6.07, 6.45) is 0.270. The number of ether oxygens (including phenoxy) is 1. The number of anilines is 1. The molecule has 2 aromatic heterocycles. The SMILES string of the molecule is COCc1nnc(NC(=O)C[C@@H](C)n2nnc3ccccc32)s1. The maximum absolute atomic E-state index is 12.2. The topological polar surface area (TPSA) is 94.8 Å². The number of fused-ring (bicyclic) bond motifs is 1. The van der Waals surface area contributed by atoms with E-state index < -0.39 is 0 Å². The first-order chi connectivity index (χ1) is 11.2. The monoisotopic (exact) mass is 332 g/mol. The molecule has 0 spiro atoms. The predicted molar refractivity (Wildman–Crippen MR) is 86.1 cm³/mol. The van der Waals surface area contributed by atoms with E-state index in [2.05, 4.69) is 25.8 Å². The number of carbonyl (C=O) groups is 1. The number of benzene rings is 1. The number of carbonyl (C=O) groups excluding carboxylic acids is 1. The van der Waals surface area contributed by atoms with Crippen molar-refractivity contribution in [2.45, 2.75) is 26.0 Å². The van der Waals surface area contributed by atoms with Gasteiger partial charge >= 0.3 is 0 Å². The minimum Gasteiger partial charge on any atom is -0.377 e. The van der Waals surface area contributed by atoms with Crippen molar-refractivity contribution in [3.05, 3.63) is 29.3 Å². The number of rotatable bonds is 6. The number of hydrogen-bond acceptors (Lipinski definition) is 7. The predicted octanol–water partition coefficient (Wildman–Crippen LogP) is 2.02. The van der Waals surface area contributed by atoms with Crippen LogP contribution in [-0.4, -0.2) is 38.2 Å². The third kappa shape index (κ3) is 3.51. The highest BCUT2D eigenvalue weighted by Gasteiger charge is 2.16. The molecule has 0 radical (unpaired) electrons. The lowest BCUT2D eigenvalue weighted by Gasteiger charge is -2.11. The molecule has 2 heterocycles. The van der Waals surface area contributed by atoms with Gasteiger partial charge in [0.25, 0.3) is 0 Å². The summed E-state index contributed by atoms with van der Waals surface area (Å²) in [5.74, 6) is -0.141. The van der Waals surface area contributed by atoms with Gasteiger partial charge < -0.3 is 10.1 Å². The molecule has 0 aliphatic heterocycles. The fraction of sp³-hybridized carbons (Fsp3) is 0.357. The van der Waals surface area contributed by atoms with E-state index in [1.54, 1.807) is 11.8 Å². The zero-order valence-corrected chi connectivity index (χ0v) is 13.6. The molecule has 9 heteroatoms. The number of hydrogen-bond donors (Lipinski definition) is 1.